The fourth-order valence-electron chi connectivity index (χ4n) is 3.14. The van der Waals surface area contributed by atoms with E-state index >= 15 is 0 Å². The van der Waals surface area contributed by atoms with E-state index in [1.54, 1.807) is 55.5 Å². The average Bonchev–Trinajstić information content (AvgIpc) is 2.73. The van der Waals surface area contributed by atoms with Crippen LogP contribution in [0.5, 0.6) is 0 Å². The van der Waals surface area contributed by atoms with Crippen LogP contribution < -0.4 is 5.32 Å². The molecule has 0 fully saturated rings. The number of halogens is 4. The fraction of sp³-hybridized carbons (Fsp3) is 0.167. The molecule has 0 unspecified atom stereocenters. The summed E-state index contributed by atoms with van der Waals surface area (Å²) < 4.78 is 44.9. The summed E-state index contributed by atoms with van der Waals surface area (Å²) in [6, 6.07) is 16.4. The number of esters is 1. The van der Waals surface area contributed by atoms with Crippen LogP contribution in [-0.4, -0.2) is 11.9 Å². The average molecular weight is 462 g/mol. The lowest BCUT2D eigenvalue weighted by Gasteiger charge is -2.19. The Kier molecular flexibility index (Phi) is 6.89. The molecule has 1 amide bonds. The standard InChI is InChI=1S/C24H19ClF3NO3/c1-14-8-10-18(15(2)12-14)23(31)32-21(16-6-4-3-5-7-16)22(30)29-17-9-11-20(25)19(13-17)24(26,27)28/h3-13,21H,1-2H3,(H,29,30)/t21-/m1/s1. The summed E-state index contributed by atoms with van der Waals surface area (Å²) in [4.78, 5) is 25.7. The molecule has 0 radical (unpaired) electrons. The van der Waals surface area contributed by atoms with Crippen molar-refractivity contribution >= 4 is 29.2 Å². The Morgan fingerprint density at radius 2 is 1.66 bits per heavy atom. The molecule has 0 aliphatic heterocycles. The predicted molar refractivity (Wildman–Crippen MR) is 116 cm³/mol. The van der Waals surface area contributed by atoms with Gasteiger partial charge in [0.15, 0.2) is 0 Å². The van der Waals surface area contributed by atoms with Crippen molar-refractivity contribution in [3.8, 4) is 0 Å². The Bertz CT molecular complexity index is 1150. The van der Waals surface area contributed by atoms with Gasteiger partial charge in [0.25, 0.3) is 5.91 Å². The summed E-state index contributed by atoms with van der Waals surface area (Å²) in [6.45, 7) is 3.62. The van der Waals surface area contributed by atoms with Crippen LogP contribution in [0.1, 0.15) is 38.7 Å². The molecule has 3 aromatic carbocycles. The maximum absolute atomic E-state index is 13.1. The second-order valence-electron chi connectivity index (χ2n) is 7.20. The molecule has 4 nitrogen and oxygen atoms in total. The van der Waals surface area contributed by atoms with Gasteiger partial charge in [-0.1, -0.05) is 59.6 Å². The van der Waals surface area contributed by atoms with Gasteiger partial charge in [0, 0.05) is 11.3 Å². The van der Waals surface area contributed by atoms with Gasteiger partial charge in [0.2, 0.25) is 6.10 Å². The van der Waals surface area contributed by atoms with Crippen molar-refractivity contribution in [2.45, 2.75) is 26.1 Å². The summed E-state index contributed by atoms with van der Waals surface area (Å²) in [6.07, 6.45) is -6.07. The van der Waals surface area contributed by atoms with Crippen molar-refractivity contribution in [1.29, 1.82) is 0 Å². The topological polar surface area (TPSA) is 55.4 Å². The molecule has 0 heterocycles. The van der Waals surface area contributed by atoms with E-state index in [0.717, 1.165) is 17.7 Å². The number of anilines is 1. The lowest BCUT2D eigenvalue weighted by molar-refractivity contribution is -0.137. The van der Waals surface area contributed by atoms with E-state index in [0.29, 0.717) is 11.1 Å². The van der Waals surface area contributed by atoms with Crippen molar-refractivity contribution in [2.24, 2.45) is 0 Å². The van der Waals surface area contributed by atoms with E-state index in [-0.39, 0.29) is 11.3 Å². The Morgan fingerprint density at radius 3 is 2.28 bits per heavy atom. The zero-order valence-corrected chi connectivity index (χ0v) is 17.9. The SMILES string of the molecule is Cc1ccc(C(=O)O[C@@H](C(=O)Nc2ccc(Cl)c(C(F)(F)F)c2)c2ccccc2)c(C)c1. The molecule has 0 aliphatic carbocycles. The van der Waals surface area contributed by atoms with Crippen molar-refractivity contribution in [3.05, 3.63) is 99.6 Å². The van der Waals surface area contributed by atoms with Gasteiger partial charge >= 0.3 is 12.1 Å². The van der Waals surface area contributed by atoms with Crippen molar-refractivity contribution in [3.63, 3.8) is 0 Å². The number of aryl methyl sites for hydroxylation is 2. The van der Waals surface area contributed by atoms with Crippen molar-refractivity contribution in [1.82, 2.24) is 0 Å². The first-order chi connectivity index (χ1) is 15.1. The van der Waals surface area contributed by atoms with Crippen LogP contribution in [0.2, 0.25) is 5.02 Å². The van der Waals surface area contributed by atoms with E-state index in [4.69, 9.17) is 16.3 Å². The van der Waals surface area contributed by atoms with Gasteiger partial charge in [-0.05, 0) is 43.7 Å². The Balaban J connectivity index is 1.90. The second kappa shape index (κ2) is 9.44. The minimum atomic E-state index is -4.69. The van der Waals surface area contributed by atoms with E-state index in [2.05, 4.69) is 5.32 Å². The monoisotopic (exact) mass is 461 g/mol. The van der Waals surface area contributed by atoms with Crippen molar-refractivity contribution in [2.75, 3.05) is 5.32 Å². The quantitative estimate of drug-likeness (QED) is 0.440. The third-order valence-electron chi connectivity index (χ3n) is 4.71. The molecule has 0 saturated carbocycles. The maximum Gasteiger partial charge on any atom is 0.417 e. The van der Waals surface area contributed by atoms with Gasteiger partial charge in [-0.3, -0.25) is 4.79 Å². The highest BCUT2D eigenvalue weighted by Gasteiger charge is 2.34. The molecule has 3 aromatic rings. The number of benzene rings is 3. The maximum atomic E-state index is 13.1. The summed E-state index contributed by atoms with van der Waals surface area (Å²) >= 11 is 5.64. The Labute approximate surface area is 188 Å². The normalized spacial score (nSPS) is 12.2. The smallest absolute Gasteiger partial charge is 0.417 e. The first-order valence-corrected chi connectivity index (χ1v) is 9.95. The number of carbonyl (C=O) groups is 2. The van der Waals surface area contributed by atoms with Gasteiger partial charge in [-0.15, -0.1) is 0 Å². The van der Waals surface area contributed by atoms with Gasteiger partial charge < -0.3 is 10.1 Å². The van der Waals surface area contributed by atoms with Crippen LogP contribution in [0.15, 0.2) is 66.7 Å². The number of carbonyl (C=O) groups excluding carboxylic acids is 2. The highest BCUT2D eigenvalue weighted by atomic mass is 35.5. The number of hydrogen-bond donors (Lipinski definition) is 1. The van der Waals surface area contributed by atoms with Crippen LogP contribution in [0.3, 0.4) is 0 Å². The number of amides is 1. The molecular formula is C24H19ClF3NO3. The minimum absolute atomic E-state index is 0.129. The molecule has 0 aromatic heterocycles. The second-order valence-corrected chi connectivity index (χ2v) is 7.60. The highest BCUT2D eigenvalue weighted by Crippen LogP contribution is 2.36. The van der Waals surface area contributed by atoms with Crippen LogP contribution in [-0.2, 0) is 15.7 Å². The van der Waals surface area contributed by atoms with Gasteiger partial charge in [0.05, 0.1) is 16.1 Å². The molecule has 1 atom stereocenters. The summed E-state index contributed by atoms with van der Waals surface area (Å²) in [7, 11) is 0. The molecule has 3 rings (SSSR count). The lowest BCUT2D eigenvalue weighted by atomic mass is 10.1. The minimum Gasteiger partial charge on any atom is -0.444 e. The van der Waals surface area contributed by atoms with Gasteiger partial charge in [-0.25, -0.2) is 4.79 Å². The molecule has 0 bridgehead atoms. The van der Waals surface area contributed by atoms with Gasteiger partial charge in [-0.2, -0.15) is 13.2 Å². The zero-order chi connectivity index (χ0) is 23.5. The van der Waals surface area contributed by atoms with Crippen LogP contribution in [0.4, 0.5) is 18.9 Å². The number of rotatable bonds is 5. The first-order valence-electron chi connectivity index (χ1n) is 9.57. The molecule has 0 aliphatic rings. The number of nitrogens with one attached hydrogen (secondary N) is 1. The molecule has 1 N–H and O–H groups in total. The summed E-state index contributed by atoms with van der Waals surface area (Å²) in [5, 5.41) is 1.90. The largest absolute Gasteiger partial charge is 0.444 e. The fourth-order valence-corrected chi connectivity index (χ4v) is 3.37. The summed E-state index contributed by atoms with van der Waals surface area (Å²) in [5.74, 6) is -1.52. The van der Waals surface area contributed by atoms with Crippen molar-refractivity contribution < 1.29 is 27.5 Å². The highest BCUT2D eigenvalue weighted by molar-refractivity contribution is 6.31. The molecule has 32 heavy (non-hydrogen) atoms. The summed E-state index contributed by atoms with van der Waals surface area (Å²) in [5.41, 5.74) is 1.08. The van der Waals surface area contributed by atoms with E-state index in [9.17, 15) is 22.8 Å². The van der Waals surface area contributed by atoms with Crippen LogP contribution in [0.25, 0.3) is 0 Å². The number of alkyl halides is 3. The zero-order valence-electron chi connectivity index (χ0n) is 17.2. The molecule has 0 saturated heterocycles. The molecule has 0 spiro atoms. The van der Waals surface area contributed by atoms with E-state index in [1.165, 1.54) is 6.07 Å². The van der Waals surface area contributed by atoms with Crippen LogP contribution >= 0.6 is 11.6 Å². The third kappa shape index (κ3) is 5.48. The third-order valence-corrected chi connectivity index (χ3v) is 5.04. The number of ether oxygens (including phenoxy) is 1. The lowest BCUT2D eigenvalue weighted by Crippen LogP contribution is -2.26. The van der Waals surface area contributed by atoms with Crippen LogP contribution in [0, 0.1) is 13.8 Å². The number of hydrogen-bond acceptors (Lipinski definition) is 3. The Hall–Kier alpha value is -3.32. The van der Waals surface area contributed by atoms with E-state index in [1.807, 2.05) is 6.92 Å². The first kappa shape index (κ1) is 23.3. The molecular weight excluding hydrogens is 443 g/mol. The Morgan fingerprint density at radius 1 is 0.969 bits per heavy atom. The van der Waals surface area contributed by atoms with E-state index < -0.39 is 34.7 Å². The molecule has 166 valence electrons. The van der Waals surface area contributed by atoms with Gasteiger partial charge in [0.1, 0.15) is 0 Å². The molecule has 8 heteroatoms. The predicted octanol–water partition coefficient (Wildman–Crippen LogP) is 6.51.